The fourth-order valence-electron chi connectivity index (χ4n) is 11.0. The summed E-state index contributed by atoms with van der Waals surface area (Å²) < 4.78 is 90.8. The molecule has 2 saturated carbocycles. The van der Waals surface area contributed by atoms with Crippen LogP contribution in [-0.2, 0) is 47.9 Å². The van der Waals surface area contributed by atoms with Gasteiger partial charge in [0.15, 0.2) is 0 Å². The molecular formula is C50H62F6N12O6. The van der Waals surface area contributed by atoms with E-state index in [1.54, 1.807) is 0 Å². The van der Waals surface area contributed by atoms with Gasteiger partial charge in [0, 0.05) is 100 Å². The molecule has 8 heterocycles. The van der Waals surface area contributed by atoms with Crippen molar-refractivity contribution in [1.82, 2.24) is 39.7 Å². The normalized spacial score (nSPS) is 24.1. The lowest BCUT2D eigenvalue weighted by Gasteiger charge is -2.32. The van der Waals surface area contributed by atoms with Crippen LogP contribution in [0.15, 0.2) is 37.2 Å². The average Bonchev–Trinajstić information content (AvgIpc) is 4.08. The maximum atomic E-state index is 13.5. The fourth-order valence-corrected chi connectivity index (χ4v) is 11.0. The van der Waals surface area contributed by atoms with E-state index in [0.29, 0.717) is 114 Å². The van der Waals surface area contributed by atoms with Crippen molar-refractivity contribution in [2.45, 2.75) is 127 Å². The molecule has 4 fully saturated rings. The molecule has 10 rings (SSSR count). The largest absolute Gasteiger partial charge is 0.481 e. The Morgan fingerprint density at radius 2 is 0.959 bits per heavy atom. The molecular weight excluding hydrogens is 979 g/mol. The second-order valence-corrected chi connectivity index (χ2v) is 20.0. The van der Waals surface area contributed by atoms with E-state index >= 15 is 0 Å². The van der Waals surface area contributed by atoms with Crippen molar-refractivity contribution >= 4 is 34.8 Å². The highest BCUT2D eigenvalue weighted by atomic mass is 19.4. The van der Waals surface area contributed by atoms with Gasteiger partial charge >= 0.3 is 12.4 Å². The Hall–Kier alpha value is -6.30. The standard InChI is InChI=1S/2C25H31F3N6O3/c2*1-37-23-20(25(26,27)28)10-17(11-29-23)33-9-7-21-19(13-33)22(31-14-30-21)32-16-6-8-34(12-16)24(36)15-2-4-18(35)5-3-15/h2*10-11,14-16,18,35H,2-9,12-13H2,1H3,(H,30,31,32)/t2*15?,16-,18?/m00/s1. The van der Waals surface area contributed by atoms with Crippen molar-refractivity contribution in [3.63, 3.8) is 0 Å². The van der Waals surface area contributed by atoms with E-state index in [4.69, 9.17) is 9.47 Å². The molecule has 4 aromatic heterocycles. The summed E-state index contributed by atoms with van der Waals surface area (Å²) in [6, 6.07) is 2.18. The van der Waals surface area contributed by atoms with Gasteiger partial charge in [-0.3, -0.25) is 9.59 Å². The third kappa shape index (κ3) is 12.0. The van der Waals surface area contributed by atoms with Crippen molar-refractivity contribution < 1.29 is 55.6 Å². The lowest BCUT2D eigenvalue weighted by Crippen LogP contribution is -2.38. The number of rotatable bonds is 10. The summed E-state index contributed by atoms with van der Waals surface area (Å²) in [5.74, 6) is 0.636. The molecule has 400 valence electrons. The summed E-state index contributed by atoms with van der Waals surface area (Å²) >= 11 is 0. The Bertz CT molecular complexity index is 2460. The molecule has 2 atom stereocenters. The van der Waals surface area contributed by atoms with E-state index in [9.17, 15) is 46.1 Å². The number of methoxy groups -OCH3 is 2. The molecule has 0 radical (unpaired) electrons. The minimum atomic E-state index is -4.58. The summed E-state index contributed by atoms with van der Waals surface area (Å²) in [5.41, 5.74) is 2.27. The molecule has 0 bridgehead atoms. The van der Waals surface area contributed by atoms with Crippen LogP contribution in [0.5, 0.6) is 11.8 Å². The molecule has 74 heavy (non-hydrogen) atoms. The SMILES string of the molecule is COc1ncc(N2CCc3ncnc(N[C@H]4CCN(C(=O)C5CCC(O)CC5)C4)c3C2)cc1C(F)(F)F.COc1ncc(N2CCc3ncnc(N[C@H]4CCN(C(=O)C5CCC(O)CC5)C4)c3C2)cc1C(F)(F)F. The van der Waals surface area contributed by atoms with Gasteiger partial charge in [0.2, 0.25) is 23.6 Å². The summed E-state index contributed by atoms with van der Waals surface area (Å²) in [4.78, 5) is 58.8. The summed E-state index contributed by atoms with van der Waals surface area (Å²) in [7, 11) is 2.34. The number of aromatic nitrogens is 6. The number of aliphatic hydroxyl groups is 2. The fraction of sp³-hybridized carbons (Fsp3) is 0.600. The highest BCUT2D eigenvalue weighted by Crippen LogP contribution is 2.40. The Kier molecular flexibility index (Phi) is 15.8. The molecule has 2 aliphatic carbocycles. The highest BCUT2D eigenvalue weighted by Gasteiger charge is 2.39. The van der Waals surface area contributed by atoms with E-state index in [1.165, 1.54) is 39.3 Å². The molecule has 18 nitrogen and oxygen atoms in total. The predicted molar refractivity (Wildman–Crippen MR) is 258 cm³/mol. The number of aliphatic hydroxyl groups excluding tert-OH is 2. The maximum Gasteiger partial charge on any atom is 0.421 e. The van der Waals surface area contributed by atoms with Crippen molar-refractivity contribution in [3.8, 4) is 11.8 Å². The van der Waals surface area contributed by atoms with Crippen LogP contribution in [0, 0.1) is 11.8 Å². The average molecular weight is 1040 g/mol. The third-order valence-electron chi connectivity index (χ3n) is 15.2. The van der Waals surface area contributed by atoms with Crippen LogP contribution < -0.4 is 29.9 Å². The highest BCUT2D eigenvalue weighted by molar-refractivity contribution is 5.80. The summed E-state index contributed by atoms with van der Waals surface area (Å²) in [6.45, 7) is 4.12. The number of amides is 2. The van der Waals surface area contributed by atoms with Gasteiger partial charge in [0.25, 0.3) is 0 Å². The van der Waals surface area contributed by atoms with Gasteiger partial charge in [0.1, 0.15) is 35.4 Å². The number of nitrogens with zero attached hydrogens (tertiary/aromatic N) is 10. The number of nitrogens with one attached hydrogen (secondary N) is 2. The van der Waals surface area contributed by atoms with Crippen LogP contribution in [0.3, 0.4) is 0 Å². The first-order chi connectivity index (χ1) is 35.4. The monoisotopic (exact) mass is 1040 g/mol. The molecule has 4 aliphatic heterocycles. The van der Waals surface area contributed by atoms with E-state index in [2.05, 4.69) is 40.5 Å². The first-order valence-electron chi connectivity index (χ1n) is 25.3. The molecule has 4 N–H and O–H groups in total. The van der Waals surface area contributed by atoms with Gasteiger partial charge in [-0.15, -0.1) is 0 Å². The number of likely N-dealkylation sites (tertiary alicyclic amines) is 2. The first kappa shape index (κ1) is 52.6. The number of hydrogen-bond acceptors (Lipinski definition) is 16. The first-order valence-corrected chi connectivity index (χ1v) is 25.3. The van der Waals surface area contributed by atoms with E-state index < -0.39 is 35.2 Å². The van der Waals surface area contributed by atoms with Crippen molar-refractivity contribution in [1.29, 1.82) is 0 Å². The molecule has 0 unspecified atom stereocenters. The summed E-state index contributed by atoms with van der Waals surface area (Å²) in [6.07, 6.45) is 4.26. The van der Waals surface area contributed by atoms with E-state index in [0.717, 1.165) is 73.2 Å². The van der Waals surface area contributed by atoms with Crippen molar-refractivity contribution in [2.75, 3.05) is 73.9 Å². The number of alkyl halides is 6. The number of anilines is 4. The van der Waals surface area contributed by atoms with Crippen LogP contribution in [0.2, 0.25) is 0 Å². The molecule has 24 heteroatoms. The molecule has 0 aromatic carbocycles. The van der Waals surface area contributed by atoms with E-state index in [1.807, 2.05) is 19.6 Å². The zero-order valence-corrected chi connectivity index (χ0v) is 41.3. The van der Waals surface area contributed by atoms with Gasteiger partial charge in [0.05, 0.1) is 61.6 Å². The number of pyridine rings is 2. The van der Waals surface area contributed by atoms with Gasteiger partial charge in [-0.05, 0) is 76.3 Å². The third-order valence-corrected chi connectivity index (χ3v) is 15.2. The van der Waals surface area contributed by atoms with Crippen LogP contribution in [-0.4, -0.2) is 140 Å². The van der Waals surface area contributed by atoms with Crippen LogP contribution in [0.4, 0.5) is 49.4 Å². The van der Waals surface area contributed by atoms with Crippen molar-refractivity contribution in [3.05, 3.63) is 70.8 Å². The van der Waals surface area contributed by atoms with Gasteiger partial charge in [-0.2, -0.15) is 26.3 Å². The maximum absolute atomic E-state index is 13.5. The Morgan fingerprint density at radius 1 is 0.568 bits per heavy atom. The summed E-state index contributed by atoms with van der Waals surface area (Å²) in [5, 5.41) is 26.4. The van der Waals surface area contributed by atoms with E-state index in [-0.39, 0.29) is 47.9 Å². The second kappa shape index (κ2) is 22.3. The Morgan fingerprint density at radius 3 is 1.32 bits per heavy atom. The van der Waals surface area contributed by atoms with Crippen LogP contribution in [0.1, 0.15) is 97.8 Å². The lowest BCUT2D eigenvalue weighted by molar-refractivity contribution is -0.139. The minimum Gasteiger partial charge on any atom is -0.481 e. The lowest BCUT2D eigenvalue weighted by atomic mass is 9.86. The number of fused-ring (bicyclic) bond motifs is 2. The molecule has 2 saturated heterocycles. The van der Waals surface area contributed by atoms with Crippen LogP contribution >= 0.6 is 0 Å². The van der Waals surface area contributed by atoms with Gasteiger partial charge in [-0.1, -0.05) is 0 Å². The van der Waals surface area contributed by atoms with Crippen molar-refractivity contribution in [2.24, 2.45) is 11.8 Å². The molecule has 4 aromatic rings. The number of hydrogen-bond donors (Lipinski definition) is 4. The zero-order valence-electron chi connectivity index (χ0n) is 41.3. The number of carbonyl (C=O) groups is 2. The van der Waals surface area contributed by atoms with Gasteiger partial charge in [-0.25, -0.2) is 29.9 Å². The second-order valence-electron chi connectivity index (χ2n) is 20.0. The Labute approximate surface area is 424 Å². The molecule has 0 spiro atoms. The Balaban J connectivity index is 0.000000182. The smallest absolute Gasteiger partial charge is 0.421 e. The topological polar surface area (TPSA) is 207 Å². The minimum absolute atomic E-state index is 0.0204. The number of ether oxygens (including phenoxy) is 2. The number of halogens is 6. The quantitative estimate of drug-likeness (QED) is 0.133. The zero-order chi connectivity index (χ0) is 52.3. The molecule has 2 amide bonds. The van der Waals surface area contributed by atoms with Crippen LogP contribution in [0.25, 0.3) is 0 Å². The predicted octanol–water partition coefficient (Wildman–Crippen LogP) is 6.05. The molecule has 6 aliphatic rings. The van der Waals surface area contributed by atoms with Gasteiger partial charge < -0.3 is 49.9 Å². The number of carbonyl (C=O) groups excluding carboxylic acids is 2.